The summed E-state index contributed by atoms with van der Waals surface area (Å²) in [5.74, 6) is 0. The lowest BCUT2D eigenvalue weighted by molar-refractivity contribution is -0.0370. The molecule has 17 heavy (non-hydrogen) atoms. The molecule has 2 heteroatoms. The second kappa shape index (κ2) is 4.55. The summed E-state index contributed by atoms with van der Waals surface area (Å²) in [4.78, 5) is 5.25. The second-order valence-corrected chi connectivity index (χ2v) is 7.33. The van der Waals surface area contributed by atoms with Crippen molar-refractivity contribution in [3.63, 3.8) is 0 Å². The SMILES string of the molecule is CC(C)N1CCCC2(CCN(C)C(C)(C)C2)C1. The van der Waals surface area contributed by atoms with E-state index in [-0.39, 0.29) is 0 Å². The largest absolute Gasteiger partial charge is 0.301 e. The Hall–Kier alpha value is -0.0800. The highest BCUT2D eigenvalue weighted by atomic mass is 15.2. The van der Waals surface area contributed by atoms with E-state index in [0.29, 0.717) is 11.0 Å². The highest BCUT2D eigenvalue weighted by Crippen LogP contribution is 2.45. The third kappa shape index (κ3) is 2.68. The van der Waals surface area contributed by atoms with Crippen LogP contribution in [0.15, 0.2) is 0 Å². The predicted molar refractivity (Wildman–Crippen MR) is 74.3 cm³/mol. The summed E-state index contributed by atoms with van der Waals surface area (Å²) in [5, 5.41) is 0. The van der Waals surface area contributed by atoms with Crippen LogP contribution in [0.2, 0.25) is 0 Å². The van der Waals surface area contributed by atoms with Gasteiger partial charge in [0.05, 0.1) is 0 Å². The molecule has 1 spiro atoms. The van der Waals surface area contributed by atoms with E-state index in [2.05, 4.69) is 44.5 Å². The van der Waals surface area contributed by atoms with E-state index < -0.39 is 0 Å². The van der Waals surface area contributed by atoms with Gasteiger partial charge in [-0.1, -0.05) is 0 Å². The van der Waals surface area contributed by atoms with E-state index in [9.17, 15) is 0 Å². The lowest BCUT2D eigenvalue weighted by Gasteiger charge is -2.54. The Bertz CT molecular complexity index is 272. The highest BCUT2D eigenvalue weighted by Gasteiger charge is 2.44. The lowest BCUT2D eigenvalue weighted by atomic mass is 9.66. The van der Waals surface area contributed by atoms with Gasteiger partial charge in [0.25, 0.3) is 0 Å². The van der Waals surface area contributed by atoms with E-state index in [1.165, 1.54) is 45.3 Å². The van der Waals surface area contributed by atoms with Gasteiger partial charge in [-0.2, -0.15) is 0 Å². The molecule has 1 unspecified atom stereocenters. The fraction of sp³-hybridized carbons (Fsp3) is 1.00. The Morgan fingerprint density at radius 1 is 1.06 bits per heavy atom. The van der Waals surface area contributed by atoms with Gasteiger partial charge < -0.3 is 9.80 Å². The summed E-state index contributed by atoms with van der Waals surface area (Å²) < 4.78 is 0. The van der Waals surface area contributed by atoms with Crippen LogP contribution in [0.4, 0.5) is 0 Å². The maximum Gasteiger partial charge on any atom is 0.0155 e. The molecule has 0 saturated carbocycles. The minimum absolute atomic E-state index is 0.387. The standard InChI is InChI=1S/C15H30N2/c1-13(2)17-9-6-7-15(12-17)8-10-16(5)14(3,4)11-15/h13H,6-12H2,1-5H3. The van der Waals surface area contributed by atoms with Gasteiger partial charge in [-0.3, -0.25) is 0 Å². The van der Waals surface area contributed by atoms with Crippen molar-refractivity contribution in [2.24, 2.45) is 5.41 Å². The molecule has 0 amide bonds. The van der Waals surface area contributed by atoms with E-state index >= 15 is 0 Å². The van der Waals surface area contributed by atoms with Crippen LogP contribution in [-0.4, -0.2) is 48.1 Å². The fourth-order valence-electron chi connectivity index (χ4n) is 3.88. The zero-order valence-electron chi connectivity index (χ0n) is 12.4. The topological polar surface area (TPSA) is 6.48 Å². The Morgan fingerprint density at radius 2 is 1.76 bits per heavy atom. The number of hydrogen-bond acceptors (Lipinski definition) is 2. The van der Waals surface area contributed by atoms with Gasteiger partial charge in [-0.25, -0.2) is 0 Å². The summed E-state index contributed by atoms with van der Waals surface area (Å²) in [6.45, 7) is 13.5. The van der Waals surface area contributed by atoms with Crippen LogP contribution in [0.25, 0.3) is 0 Å². The smallest absolute Gasteiger partial charge is 0.0155 e. The first-order valence-electron chi connectivity index (χ1n) is 7.30. The van der Waals surface area contributed by atoms with Crippen LogP contribution in [0.5, 0.6) is 0 Å². The van der Waals surface area contributed by atoms with Crippen LogP contribution >= 0.6 is 0 Å². The molecule has 2 nitrogen and oxygen atoms in total. The first-order valence-corrected chi connectivity index (χ1v) is 7.30. The number of nitrogens with zero attached hydrogens (tertiary/aromatic N) is 2. The normalized spacial score (nSPS) is 35.6. The van der Waals surface area contributed by atoms with Crippen LogP contribution in [0.3, 0.4) is 0 Å². The van der Waals surface area contributed by atoms with Crippen LogP contribution in [0, 0.1) is 5.41 Å². The Kier molecular flexibility index (Phi) is 3.57. The minimum atomic E-state index is 0.387. The third-order valence-electron chi connectivity index (χ3n) is 5.24. The molecule has 2 saturated heterocycles. The molecule has 0 N–H and O–H groups in total. The maximum absolute atomic E-state index is 2.70. The fourth-order valence-corrected chi connectivity index (χ4v) is 3.88. The van der Waals surface area contributed by atoms with Crippen molar-refractivity contribution in [1.29, 1.82) is 0 Å². The molecule has 0 aliphatic carbocycles. The number of rotatable bonds is 1. The van der Waals surface area contributed by atoms with E-state index in [1.807, 2.05) is 0 Å². The summed E-state index contributed by atoms with van der Waals surface area (Å²) in [6.07, 6.45) is 5.63. The third-order valence-corrected chi connectivity index (χ3v) is 5.24. The van der Waals surface area contributed by atoms with Gasteiger partial charge in [0.2, 0.25) is 0 Å². The maximum atomic E-state index is 2.70. The number of hydrogen-bond donors (Lipinski definition) is 0. The molecule has 2 heterocycles. The second-order valence-electron chi connectivity index (χ2n) is 7.33. The van der Waals surface area contributed by atoms with E-state index in [1.54, 1.807) is 0 Å². The lowest BCUT2D eigenvalue weighted by Crippen LogP contribution is -2.57. The zero-order chi connectivity index (χ0) is 12.7. The average Bonchev–Trinajstić information content (AvgIpc) is 2.24. The number of likely N-dealkylation sites (tertiary alicyclic amines) is 2. The first-order chi connectivity index (χ1) is 7.85. The Morgan fingerprint density at radius 3 is 2.35 bits per heavy atom. The summed E-state index contributed by atoms with van der Waals surface area (Å²) in [6, 6.07) is 0.718. The quantitative estimate of drug-likeness (QED) is 0.693. The molecule has 0 aromatic carbocycles. The Balaban J connectivity index is 2.09. The van der Waals surface area contributed by atoms with Gasteiger partial charge >= 0.3 is 0 Å². The van der Waals surface area contributed by atoms with Crippen LogP contribution in [0.1, 0.15) is 53.4 Å². The Labute approximate surface area is 107 Å². The molecule has 1 atom stereocenters. The van der Waals surface area contributed by atoms with Gasteiger partial charge in [-0.05, 0) is 78.9 Å². The molecule has 0 radical (unpaired) electrons. The number of piperidine rings is 2. The summed E-state index contributed by atoms with van der Waals surface area (Å²) in [7, 11) is 2.29. The molecular weight excluding hydrogens is 208 g/mol. The van der Waals surface area contributed by atoms with Crippen molar-refractivity contribution in [2.75, 3.05) is 26.7 Å². The van der Waals surface area contributed by atoms with Crippen molar-refractivity contribution < 1.29 is 0 Å². The first kappa shape index (κ1) is 13.4. The highest BCUT2D eigenvalue weighted by molar-refractivity contribution is 4.99. The van der Waals surface area contributed by atoms with Crippen molar-refractivity contribution in [3.8, 4) is 0 Å². The van der Waals surface area contributed by atoms with Crippen LogP contribution < -0.4 is 0 Å². The molecule has 2 aliphatic rings. The van der Waals surface area contributed by atoms with E-state index in [4.69, 9.17) is 0 Å². The molecule has 0 aromatic heterocycles. The van der Waals surface area contributed by atoms with Crippen LogP contribution in [-0.2, 0) is 0 Å². The molecule has 2 aliphatic heterocycles. The van der Waals surface area contributed by atoms with Crippen molar-refractivity contribution in [1.82, 2.24) is 9.80 Å². The molecule has 100 valence electrons. The zero-order valence-corrected chi connectivity index (χ0v) is 12.4. The van der Waals surface area contributed by atoms with Crippen molar-refractivity contribution >= 4 is 0 Å². The predicted octanol–water partition coefficient (Wildman–Crippen LogP) is 2.98. The molecule has 2 fully saturated rings. The molecule has 0 bridgehead atoms. The molecular formula is C15H30N2. The average molecular weight is 238 g/mol. The summed E-state index contributed by atoms with van der Waals surface area (Å²) in [5.41, 5.74) is 0.997. The van der Waals surface area contributed by atoms with Crippen molar-refractivity contribution in [3.05, 3.63) is 0 Å². The molecule has 2 rings (SSSR count). The van der Waals surface area contributed by atoms with Gasteiger partial charge in [0.15, 0.2) is 0 Å². The van der Waals surface area contributed by atoms with Gasteiger partial charge in [-0.15, -0.1) is 0 Å². The van der Waals surface area contributed by atoms with E-state index in [0.717, 1.165) is 6.04 Å². The molecule has 0 aromatic rings. The van der Waals surface area contributed by atoms with Gasteiger partial charge in [0.1, 0.15) is 0 Å². The van der Waals surface area contributed by atoms with Gasteiger partial charge in [0, 0.05) is 18.1 Å². The van der Waals surface area contributed by atoms with Crippen molar-refractivity contribution in [2.45, 2.75) is 65.0 Å². The summed E-state index contributed by atoms with van der Waals surface area (Å²) >= 11 is 0. The monoisotopic (exact) mass is 238 g/mol. The minimum Gasteiger partial charge on any atom is -0.301 e.